The van der Waals surface area contributed by atoms with Crippen LogP contribution in [-0.2, 0) is 4.74 Å². The van der Waals surface area contributed by atoms with Crippen LogP contribution in [0.4, 0.5) is 0 Å². The molecule has 2 N–H and O–H groups in total. The van der Waals surface area contributed by atoms with Gasteiger partial charge in [0.1, 0.15) is 0 Å². The highest BCUT2D eigenvalue weighted by atomic mass is 16.5. The van der Waals surface area contributed by atoms with E-state index in [0.29, 0.717) is 18.1 Å². The first kappa shape index (κ1) is 12.3. The maximum absolute atomic E-state index is 6.06. The first-order valence-corrected chi connectivity index (χ1v) is 6.78. The van der Waals surface area contributed by atoms with E-state index in [0.717, 1.165) is 25.5 Å². The molecule has 2 saturated heterocycles. The van der Waals surface area contributed by atoms with Crippen molar-refractivity contribution >= 4 is 0 Å². The molecule has 0 aromatic rings. The van der Waals surface area contributed by atoms with Crippen LogP contribution in [-0.4, -0.2) is 43.3 Å². The highest BCUT2D eigenvalue weighted by Crippen LogP contribution is 2.25. The average Bonchev–Trinajstić information content (AvgIpc) is 2.58. The zero-order valence-electron chi connectivity index (χ0n) is 10.7. The Hall–Kier alpha value is -0.120. The minimum absolute atomic E-state index is 0.391. The number of hydrogen-bond acceptors (Lipinski definition) is 3. The van der Waals surface area contributed by atoms with Gasteiger partial charge in [0.05, 0.1) is 6.10 Å². The van der Waals surface area contributed by atoms with Gasteiger partial charge in [0.25, 0.3) is 0 Å². The molecule has 2 heterocycles. The van der Waals surface area contributed by atoms with E-state index in [9.17, 15) is 0 Å². The largest absolute Gasteiger partial charge is 0.378 e. The Labute approximate surface area is 99.3 Å². The normalized spacial score (nSPS) is 41.4. The second-order valence-electron chi connectivity index (χ2n) is 5.65. The number of rotatable bonds is 3. The van der Waals surface area contributed by atoms with Gasteiger partial charge in [-0.1, -0.05) is 13.8 Å². The third-order valence-electron chi connectivity index (χ3n) is 4.19. The van der Waals surface area contributed by atoms with E-state index in [1.165, 1.54) is 25.9 Å². The van der Waals surface area contributed by atoms with Crippen molar-refractivity contribution in [1.29, 1.82) is 0 Å². The molecule has 0 radical (unpaired) electrons. The lowest BCUT2D eigenvalue weighted by Gasteiger charge is -2.31. The van der Waals surface area contributed by atoms with Gasteiger partial charge in [-0.15, -0.1) is 0 Å². The summed E-state index contributed by atoms with van der Waals surface area (Å²) in [5.74, 6) is 1.50. The van der Waals surface area contributed by atoms with Gasteiger partial charge in [-0.2, -0.15) is 0 Å². The number of ether oxygens (including phenoxy) is 1. The molecule has 16 heavy (non-hydrogen) atoms. The maximum atomic E-state index is 6.06. The molecule has 2 aliphatic rings. The monoisotopic (exact) mass is 226 g/mol. The molecule has 0 bridgehead atoms. The molecular weight excluding hydrogens is 200 g/mol. The van der Waals surface area contributed by atoms with Crippen molar-refractivity contribution in [2.75, 3.05) is 26.2 Å². The third-order valence-corrected chi connectivity index (χ3v) is 4.19. The Morgan fingerprint density at radius 1 is 1.38 bits per heavy atom. The summed E-state index contributed by atoms with van der Waals surface area (Å²) < 4.78 is 5.72. The summed E-state index contributed by atoms with van der Waals surface area (Å²) in [5.41, 5.74) is 6.06. The smallest absolute Gasteiger partial charge is 0.0575 e. The van der Waals surface area contributed by atoms with Gasteiger partial charge in [-0.25, -0.2) is 0 Å². The molecular formula is C13H26N2O. The zero-order valence-corrected chi connectivity index (χ0v) is 10.7. The van der Waals surface area contributed by atoms with E-state index in [1.807, 2.05) is 0 Å². The number of nitrogens with two attached hydrogens (primary N) is 1. The Balaban J connectivity index is 1.77. The summed E-state index contributed by atoms with van der Waals surface area (Å²) in [5, 5.41) is 0. The van der Waals surface area contributed by atoms with Gasteiger partial charge < -0.3 is 15.4 Å². The van der Waals surface area contributed by atoms with Crippen molar-refractivity contribution in [3.8, 4) is 0 Å². The predicted octanol–water partition coefficient (Wildman–Crippen LogP) is 1.47. The highest BCUT2D eigenvalue weighted by Gasteiger charge is 2.30. The second kappa shape index (κ2) is 5.48. The Bertz CT molecular complexity index is 212. The zero-order chi connectivity index (χ0) is 11.5. The van der Waals surface area contributed by atoms with Crippen LogP contribution in [0.25, 0.3) is 0 Å². The molecule has 3 nitrogen and oxygen atoms in total. The summed E-state index contributed by atoms with van der Waals surface area (Å²) in [6, 6.07) is 0.391. The number of hydrogen-bond donors (Lipinski definition) is 1. The molecule has 4 atom stereocenters. The van der Waals surface area contributed by atoms with Crippen molar-refractivity contribution in [3.63, 3.8) is 0 Å². The molecule has 0 aromatic carbocycles. The first-order chi connectivity index (χ1) is 7.69. The minimum atomic E-state index is 0.391. The third kappa shape index (κ3) is 2.96. The van der Waals surface area contributed by atoms with Crippen molar-refractivity contribution in [1.82, 2.24) is 4.90 Å². The van der Waals surface area contributed by atoms with Crippen LogP contribution in [0.3, 0.4) is 0 Å². The van der Waals surface area contributed by atoms with Gasteiger partial charge in [-0.3, -0.25) is 0 Å². The lowest BCUT2D eigenvalue weighted by Crippen LogP contribution is -2.35. The standard InChI is InChI=1S/C13H26N2O/c1-3-12-6-11(4-5-16-12)8-15-7-10(2)13(14)9-15/h10-13H,3-9,14H2,1-2H3. The van der Waals surface area contributed by atoms with Crippen molar-refractivity contribution in [2.24, 2.45) is 17.6 Å². The molecule has 2 aliphatic heterocycles. The van der Waals surface area contributed by atoms with Gasteiger partial charge in [0.15, 0.2) is 0 Å². The number of likely N-dealkylation sites (tertiary alicyclic amines) is 1. The van der Waals surface area contributed by atoms with Gasteiger partial charge in [0.2, 0.25) is 0 Å². The minimum Gasteiger partial charge on any atom is -0.378 e. The van der Waals surface area contributed by atoms with Crippen LogP contribution in [0, 0.1) is 11.8 Å². The molecule has 3 heteroatoms. The van der Waals surface area contributed by atoms with Crippen molar-refractivity contribution < 1.29 is 4.74 Å². The van der Waals surface area contributed by atoms with Gasteiger partial charge in [0, 0.05) is 32.3 Å². The van der Waals surface area contributed by atoms with E-state index in [4.69, 9.17) is 10.5 Å². The van der Waals surface area contributed by atoms with Crippen molar-refractivity contribution in [2.45, 2.75) is 45.3 Å². The summed E-state index contributed by atoms with van der Waals surface area (Å²) in [4.78, 5) is 2.55. The fourth-order valence-electron chi connectivity index (χ4n) is 3.02. The van der Waals surface area contributed by atoms with Crippen molar-refractivity contribution in [3.05, 3.63) is 0 Å². The maximum Gasteiger partial charge on any atom is 0.0575 e. The lowest BCUT2D eigenvalue weighted by molar-refractivity contribution is -0.0165. The highest BCUT2D eigenvalue weighted by molar-refractivity contribution is 4.86. The van der Waals surface area contributed by atoms with Gasteiger partial charge in [-0.05, 0) is 31.1 Å². The fraction of sp³-hybridized carbons (Fsp3) is 1.00. The molecule has 2 fully saturated rings. The second-order valence-corrected chi connectivity index (χ2v) is 5.65. The topological polar surface area (TPSA) is 38.5 Å². The molecule has 0 spiro atoms. The molecule has 0 aromatic heterocycles. The van der Waals surface area contributed by atoms with Gasteiger partial charge >= 0.3 is 0 Å². The molecule has 0 aliphatic carbocycles. The van der Waals surface area contributed by atoms with Crippen LogP contribution >= 0.6 is 0 Å². The van der Waals surface area contributed by atoms with E-state index in [1.54, 1.807) is 0 Å². The average molecular weight is 226 g/mol. The first-order valence-electron chi connectivity index (χ1n) is 6.78. The van der Waals surface area contributed by atoms with Crippen LogP contribution < -0.4 is 5.73 Å². The molecule has 94 valence electrons. The summed E-state index contributed by atoms with van der Waals surface area (Å²) >= 11 is 0. The van der Waals surface area contributed by atoms with E-state index < -0.39 is 0 Å². The summed E-state index contributed by atoms with van der Waals surface area (Å²) in [7, 11) is 0. The molecule has 0 amide bonds. The SMILES string of the molecule is CCC1CC(CN2CC(C)C(N)C2)CCO1. The van der Waals surface area contributed by atoms with Crippen LogP contribution in [0.1, 0.15) is 33.1 Å². The summed E-state index contributed by atoms with van der Waals surface area (Å²) in [6.45, 7) is 8.96. The van der Waals surface area contributed by atoms with Crippen LogP contribution in [0.5, 0.6) is 0 Å². The van der Waals surface area contributed by atoms with E-state index in [2.05, 4.69) is 18.7 Å². The predicted molar refractivity (Wildman–Crippen MR) is 66.3 cm³/mol. The molecule has 0 saturated carbocycles. The number of nitrogens with zero attached hydrogens (tertiary/aromatic N) is 1. The van der Waals surface area contributed by atoms with E-state index >= 15 is 0 Å². The molecule has 4 unspecified atom stereocenters. The Kier molecular flexibility index (Phi) is 4.22. The van der Waals surface area contributed by atoms with Crippen LogP contribution in [0.2, 0.25) is 0 Å². The quantitative estimate of drug-likeness (QED) is 0.792. The lowest BCUT2D eigenvalue weighted by atomic mass is 9.94. The van der Waals surface area contributed by atoms with E-state index in [-0.39, 0.29) is 0 Å². The summed E-state index contributed by atoms with van der Waals surface area (Å²) in [6.07, 6.45) is 4.15. The fourth-order valence-corrected chi connectivity index (χ4v) is 3.02. The Morgan fingerprint density at radius 3 is 2.81 bits per heavy atom. The molecule has 2 rings (SSSR count). The van der Waals surface area contributed by atoms with Crippen LogP contribution in [0.15, 0.2) is 0 Å². The Morgan fingerprint density at radius 2 is 2.19 bits per heavy atom.